The smallest absolute Gasteiger partial charge is 0.226 e. The topological polar surface area (TPSA) is 67.6 Å². The highest BCUT2D eigenvalue weighted by atomic mass is 16.5. The Morgan fingerprint density at radius 3 is 2.71 bits per heavy atom. The Morgan fingerprint density at radius 2 is 1.96 bits per heavy atom. The standard InChI is InChI=1S/C22H27N3O3/c1-4-25(5-2)20(16-9-8-10-17(13-16)27-3)15-23-22(26)14-19-18-11-6-7-12-21(18)28-24-19/h6-13,20H,4-5,14-15H2,1-3H3,(H,23,26)/t20-/m1/s1. The van der Waals surface area contributed by atoms with Crippen LogP contribution in [0.2, 0.25) is 0 Å². The zero-order chi connectivity index (χ0) is 19.9. The van der Waals surface area contributed by atoms with Crippen molar-refractivity contribution in [1.82, 2.24) is 15.4 Å². The molecule has 0 bridgehead atoms. The van der Waals surface area contributed by atoms with Gasteiger partial charge in [0.15, 0.2) is 5.58 Å². The molecule has 0 unspecified atom stereocenters. The number of benzene rings is 2. The average Bonchev–Trinajstić information content (AvgIpc) is 3.14. The van der Waals surface area contributed by atoms with Crippen LogP contribution in [0.15, 0.2) is 53.1 Å². The molecule has 2 aromatic carbocycles. The van der Waals surface area contributed by atoms with Crippen molar-refractivity contribution in [2.45, 2.75) is 26.3 Å². The minimum Gasteiger partial charge on any atom is -0.497 e. The average molecular weight is 381 g/mol. The molecule has 148 valence electrons. The molecule has 6 heteroatoms. The first kappa shape index (κ1) is 19.9. The number of ether oxygens (including phenoxy) is 1. The fraction of sp³-hybridized carbons (Fsp3) is 0.364. The number of amides is 1. The molecule has 0 radical (unpaired) electrons. The number of hydrogen-bond donors (Lipinski definition) is 1. The number of carbonyl (C=O) groups excluding carboxylic acids is 1. The minimum absolute atomic E-state index is 0.0703. The van der Waals surface area contributed by atoms with E-state index in [4.69, 9.17) is 9.26 Å². The molecule has 0 saturated heterocycles. The Hall–Kier alpha value is -2.86. The first-order chi connectivity index (χ1) is 13.7. The van der Waals surface area contributed by atoms with Gasteiger partial charge in [-0.15, -0.1) is 0 Å². The summed E-state index contributed by atoms with van der Waals surface area (Å²) in [5.74, 6) is 0.745. The lowest BCUT2D eigenvalue weighted by atomic mass is 10.0. The molecule has 6 nitrogen and oxygen atoms in total. The molecule has 1 N–H and O–H groups in total. The van der Waals surface area contributed by atoms with Gasteiger partial charge in [0.1, 0.15) is 11.4 Å². The van der Waals surface area contributed by atoms with Gasteiger partial charge in [-0.3, -0.25) is 9.69 Å². The second-order valence-electron chi connectivity index (χ2n) is 6.62. The zero-order valence-electron chi connectivity index (χ0n) is 16.6. The molecule has 0 saturated carbocycles. The van der Waals surface area contributed by atoms with Gasteiger partial charge in [0.05, 0.1) is 19.6 Å². The van der Waals surface area contributed by atoms with Crippen molar-refractivity contribution in [2.75, 3.05) is 26.7 Å². The van der Waals surface area contributed by atoms with Gasteiger partial charge in [-0.25, -0.2) is 0 Å². The summed E-state index contributed by atoms with van der Waals surface area (Å²) < 4.78 is 10.7. The van der Waals surface area contributed by atoms with E-state index in [2.05, 4.69) is 35.3 Å². The van der Waals surface area contributed by atoms with Crippen molar-refractivity contribution < 1.29 is 14.1 Å². The number of fused-ring (bicyclic) bond motifs is 1. The maximum atomic E-state index is 12.6. The second-order valence-corrected chi connectivity index (χ2v) is 6.62. The molecule has 0 spiro atoms. The Labute approximate surface area is 165 Å². The Kier molecular flexibility index (Phi) is 6.66. The summed E-state index contributed by atoms with van der Waals surface area (Å²) in [7, 11) is 1.66. The fourth-order valence-electron chi connectivity index (χ4n) is 3.46. The molecule has 1 aromatic heterocycles. The summed E-state index contributed by atoms with van der Waals surface area (Å²) in [4.78, 5) is 14.9. The lowest BCUT2D eigenvalue weighted by molar-refractivity contribution is -0.120. The summed E-state index contributed by atoms with van der Waals surface area (Å²) in [5, 5.41) is 8.00. The molecule has 3 rings (SSSR count). The third-order valence-corrected chi connectivity index (χ3v) is 5.00. The van der Waals surface area contributed by atoms with Crippen LogP contribution < -0.4 is 10.1 Å². The van der Waals surface area contributed by atoms with Crippen molar-refractivity contribution in [1.29, 1.82) is 0 Å². The molecule has 3 aromatic rings. The predicted octanol–water partition coefficient (Wildman–Crippen LogP) is 3.58. The first-order valence-electron chi connectivity index (χ1n) is 9.64. The van der Waals surface area contributed by atoms with Gasteiger partial charge < -0.3 is 14.6 Å². The zero-order valence-corrected chi connectivity index (χ0v) is 16.6. The maximum Gasteiger partial charge on any atom is 0.226 e. The molecule has 0 fully saturated rings. The fourth-order valence-corrected chi connectivity index (χ4v) is 3.46. The van der Waals surface area contributed by atoms with Gasteiger partial charge >= 0.3 is 0 Å². The van der Waals surface area contributed by atoms with Crippen LogP contribution in [-0.2, 0) is 11.2 Å². The highest BCUT2D eigenvalue weighted by Gasteiger charge is 2.20. The largest absolute Gasteiger partial charge is 0.497 e. The lowest BCUT2D eigenvalue weighted by Crippen LogP contribution is -2.38. The molecular weight excluding hydrogens is 354 g/mol. The number of methoxy groups -OCH3 is 1. The highest BCUT2D eigenvalue weighted by Crippen LogP contribution is 2.24. The van der Waals surface area contributed by atoms with Crippen LogP contribution in [0.3, 0.4) is 0 Å². The molecule has 1 amide bonds. The van der Waals surface area contributed by atoms with Gasteiger partial charge in [0.2, 0.25) is 5.91 Å². The lowest BCUT2D eigenvalue weighted by Gasteiger charge is -2.30. The normalized spacial score (nSPS) is 12.3. The van der Waals surface area contributed by atoms with Crippen LogP contribution in [-0.4, -0.2) is 42.7 Å². The van der Waals surface area contributed by atoms with Crippen molar-refractivity contribution in [3.8, 4) is 5.75 Å². The summed E-state index contributed by atoms with van der Waals surface area (Å²) in [5.41, 5.74) is 2.48. The number of nitrogens with zero attached hydrogens (tertiary/aromatic N) is 2. The van der Waals surface area contributed by atoms with Crippen molar-refractivity contribution in [3.63, 3.8) is 0 Å². The summed E-state index contributed by atoms with van der Waals surface area (Å²) in [6.07, 6.45) is 0.195. The van der Waals surface area contributed by atoms with Crippen LogP contribution in [0.1, 0.15) is 31.1 Å². The molecule has 0 aliphatic rings. The monoisotopic (exact) mass is 381 g/mol. The van der Waals surface area contributed by atoms with E-state index in [0.717, 1.165) is 29.8 Å². The van der Waals surface area contributed by atoms with Gasteiger partial charge in [-0.05, 0) is 42.9 Å². The van der Waals surface area contributed by atoms with E-state index in [9.17, 15) is 4.79 Å². The third kappa shape index (κ3) is 4.51. The van der Waals surface area contributed by atoms with E-state index in [1.807, 2.05) is 42.5 Å². The summed E-state index contributed by atoms with van der Waals surface area (Å²) in [6, 6.07) is 15.7. The van der Waals surface area contributed by atoms with Crippen LogP contribution in [0.5, 0.6) is 5.75 Å². The van der Waals surface area contributed by atoms with Crippen LogP contribution in [0, 0.1) is 0 Å². The number of carbonyl (C=O) groups is 1. The molecule has 1 atom stereocenters. The van der Waals surface area contributed by atoms with E-state index in [1.165, 1.54) is 0 Å². The summed E-state index contributed by atoms with van der Waals surface area (Å²) in [6.45, 7) is 6.55. The number of rotatable bonds is 9. The Balaban J connectivity index is 1.71. The van der Waals surface area contributed by atoms with E-state index in [-0.39, 0.29) is 18.4 Å². The van der Waals surface area contributed by atoms with Crippen molar-refractivity contribution in [3.05, 3.63) is 59.8 Å². The molecule has 1 heterocycles. The molecule has 0 aliphatic heterocycles. The van der Waals surface area contributed by atoms with Gasteiger partial charge in [-0.1, -0.05) is 43.3 Å². The van der Waals surface area contributed by atoms with Crippen LogP contribution >= 0.6 is 0 Å². The van der Waals surface area contributed by atoms with E-state index in [0.29, 0.717) is 17.8 Å². The Morgan fingerprint density at radius 1 is 1.18 bits per heavy atom. The number of para-hydroxylation sites is 1. The molecule has 0 aliphatic carbocycles. The number of nitrogens with one attached hydrogen (secondary N) is 1. The molecular formula is C22H27N3O3. The van der Waals surface area contributed by atoms with E-state index in [1.54, 1.807) is 7.11 Å². The van der Waals surface area contributed by atoms with Crippen molar-refractivity contribution >= 4 is 16.9 Å². The SMILES string of the molecule is CCN(CC)[C@H](CNC(=O)Cc1noc2ccccc12)c1cccc(OC)c1. The highest BCUT2D eigenvalue weighted by molar-refractivity contribution is 5.86. The van der Waals surface area contributed by atoms with E-state index >= 15 is 0 Å². The quantitative estimate of drug-likeness (QED) is 0.614. The summed E-state index contributed by atoms with van der Waals surface area (Å²) >= 11 is 0. The van der Waals surface area contributed by atoms with Gasteiger partial charge in [-0.2, -0.15) is 0 Å². The Bertz CT molecular complexity index is 918. The maximum absolute atomic E-state index is 12.6. The second kappa shape index (κ2) is 9.37. The predicted molar refractivity (Wildman–Crippen MR) is 109 cm³/mol. The number of aromatic nitrogens is 1. The number of likely N-dealkylation sites (N-methyl/N-ethyl adjacent to an activating group) is 1. The first-order valence-corrected chi connectivity index (χ1v) is 9.64. The van der Waals surface area contributed by atoms with Crippen LogP contribution in [0.25, 0.3) is 11.0 Å². The molecule has 28 heavy (non-hydrogen) atoms. The number of hydrogen-bond acceptors (Lipinski definition) is 5. The van der Waals surface area contributed by atoms with Crippen molar-refractivity contribution in [2.24, 2.45) is 0 Å². The van der Waals surface area contributed by atoms with Crippen LogP contribution in [0.4, 0.5) is 0 Å². The van der Waals surface area contributed by atoms with E-state index < -0.39 is 0 Å². The minimum atomic E-state index is -0.0703. The van der Waals surface area contributed by atoms with Gasteiger partial charge in [0, 0.05) is 11.9 Å². The van der Waals surface area contributed by atoms with Gasteiger partial charge in [0.25, 0.3) is 0 Å². The third-order valence-electron chi connectivity index (χ3n) is 5.00.